The Labute approximate surface area is 183 Å². The molecule has 0 aliphatic heterocycles. The SMILES string of the molecule is COc1ccc(-c2cc(OCc3ccccn3)c3c(-c4cccs4)c(N)oc3c2)cc1. The van der Waals surface area contributed by atoms with Crippen LogP contribution < -0.4 is 15.2 Å². The van der Waals surface area contributed by atoms with Crippen molar-refractivity contribution in [2.24, 2.45) is 0 Å². The highest BCUT2D eigenvalue weighted by Crippen LogP contribution is 2.45. The molecule has 0 amide bonds. The number of furan rings is 1. The lowest BCUT2D eigenvalue weighted by Crippen LogP contribution is -1.98. The van der Waals surface area contributed by atoms with E-state index in [1.54, 1.807) is 24.6 Å². The number of hydrogen-bond donors (Lipinski definition) is 1. The third-order valence-corrected chi connectivity index (χ3v) is 5.96. The average molecular weight is 429 g/mol. The van der Waals surface area contributed by atoms with Crippen LogP contribution in [0.25, 0.3) is 32.5 Å². The van der Waals surface area contributed by atoms with Crippen molar-refractivity contribution in [1.82, 2.24) is 4.98 Å². The van der Waals surface area contributed by atoms with Gasteiger partial charge in [0, 0.05) is 11.1 Å². The van der Waals surface area contributed by atoms with Crippen LogP contribution in [-0.2, 0) is 6.61 Å². The standard InChI is InChI=1S/C25H20N2O3S/c1-28-19-9-7-16(8-10-19)17-13-20(29-15-18-5-2-3-11-27-18)23-21(14-17)30-25(26)24(23)22-6-4-12-31-22/h2-14H,15,26H2,1H3. The number of hydrogen-bond acceptors (Lipinski definition) is 6. The van der Waals surface area contributed by atoms with Crippen LogP contribution in [0, 0.1) is 0 Å². The number of methoxy groups -OCH3 is 1. The van der Waals surface area contributed by atoms with Gasteiger partial charge in [-0.1, -0.05) is 24.3 Å². The maximum Gasteiger partial charge on any atom is 0.200 e. The molecule has 5 nitrogen and oxygen atoms in total. The molecular formula is C25H20N2O3S. The van der Waals surface area contributed by atoms with Crippen molar-refractivity contribution in [3.8, 4) is 33.1 Å². The highest BCUT2D eigenvalue weighted by molar-refractivity contribution is 7.13. The fraction of sp³-hybridized carbons (Fsp3) is 0.0800. The van der Waals surface area contributed by atoms with Gasteiger partial charge in [0.2, 0.25) is 5.88 Å². The van der Waals surface area contributed by atoms with E-state index in [9.17, 15) is 0 Å². The van der Waals surface area contributed by atoms with Crippen molar-refractivity contribution in [3.05, 3.63) is 84.0 Å². The molecule has 0 fully saturated rings. The van der Waals surface area contributed by atoms with Crippen LogP contribution in [0.1, 0.15) is 5.69 Å². The Morgan fingerprint density at radius 2 is 1.87 bits per heavy atom. The summed E-state index contributed by atoms with van der Waals surface area (Å²) in [6.07, 6.45) is 1.76. The Hall–Kier alpha value is -3.77. The van der Waals surface area contributed by atoms with E-state index in [-0.39, 0.29) is 0 Å². The first-order valence-corrected chi connectivity index (χ1v) is 10.7. The highest BCUT2D eigenvalue weighted by Gasteiger charge is 2.20. The quantitative estimate of drug-likeness (QED) is 0.339. The Morgan fingerprint density at radius 3 is 2.58 bits per heavy atom. The Bertz CT molecular complexity index is 1310. The van der Waals surface area contributed by atoms with Crippen LogP contribution in [0.5, 0.6) is 11.5 Å². The highest BCUT2D eigenvalue weighted by atomic mass is 32.1. The first kappa shape index (κ1) is 19.2. The van der Waals surface area contributed by atoms with E-state index in [0.717, 1.165) is 38.4 Å². The molecule has 2 N–H and O–H groups in total. The molecule has 0 aliphatic rings. The van der Waals surface area contributed by atoms with E-state index in [1.807, 2.05) is 72.1 Å². The number of nitrogens with zero attached hydrogens (tertiary/aromatic N) is 1. The summed E-state index contributed by atoms with van der Waals surface area (Å²) in [4.78, 5) is 5.40. The molecule has 0 bridgehead atoms. The van der Waals surface area contributed by atoms with Gasteiger partial charge in [-0.2, -0.15) is 0 Å². The van der Waals surface area contributed by atoms with Crippen LogP contribution in [0.4, 0.5) is 5.88 Å². The zero-order chi connectivity index (χ0) is 21.2. The summed E-state index contributed by atoms with van der Waals surface area (Å²) in [5, 5.41) is 2.89. The molecule has 3 heterocycles. The number of nitrogens with two attached hydrogens (primary N) is 1. The molecule has 5 rings (SSSR count). The van der Waals surface area contributed by atoms with Crippen LogP contribution in [-0.4, -0.2) is 12.1 Å². The molecule has 154 valence electrons. The van der Waals surface area contributed by atoms with Crippen molar-refractivity contribution in [2.75, 3.05) is 12.8 Å². The number of thiophene rings is 1. The lowest BCUT2D eigenvalue weighted by Gasteiger charge is -2.11. The third kappa shape index (κ3) is 3.73. The number of nitrogen functional groups attached to an aromatic ring is 1. The summed E-state index contributed by atoms with van der Waals surface area (Å²) >= 11 is 1.62. The molecule has 0 radical (unpaired) electrons. The summed E-state index contributed by atoms with van der Waals surface area (Å²) in [5.41, 5.74) is 10.7. The monoisotopic (exact) mass is 428 g/mol. The number of pyridine rings is 1. The van der Waals surface area contributed by atoms with Crippen molar-refractivity contribution in [2.45, 2.75) is 6.61 Å². The number of anilines is 1. The molecule has 5 aromatic rings. The molecule has 0 unspecified atom stereocenters. The Balaban J connectivity index is 1.65. The predicted octanol–water partition coefficient (Wildman–Crippen LogP) is 6.39. The second-order valence-corrected chi connectivity index (χ2v) is 7.95. The summed E-state index contributed by atoms with van der Waals surface area (Å²) < 4.78 is 17.5. The zero-order valence-electron chi connectivity index (χ0n) is 16.9. The average Bonchev–Trinajstić information content (AvgIpc) is 3.45. The van der Waals surface area contributed by atoms with E-state index in [0.29, 0.717) is 23.8 Å². The minimum absolute atomic E-state index is 0.344. The molecule has 6 heteroatoms. The van der Waals surface area contributed by atoms with Crippen molar-refractivity contribution >= 4 is 28.2 Å². The second-order valence-electron chi connectivity index (χ2n) is 7.00. The number of rotatable bonds is 6. The van der Waals surface area contributed by atoms with Crippen molar-refractivity contribution in [1.29, 1.82) is 0 Å². The summed E-state index contributed by atoms with van der Waals surface area (Å²) in [6.45, 7) is 0.344. The fourth-order valence-corrected chi connectivity index (χ4v) is 4.36. The lowest BCUT2D eigenvalue weighted by atomic mass is 10.0. The van der Waals surface area contributed by atoms with Gasteiger partial charge in [0.25, 0.3) is 0 Å². The second kappa shape index (κ2) is 8.16. The maximum absolute atomic E-state index is 6.30. The first-order chi connectivity index (χ1) is 15.2. The van der Waals surface area contributed by atoms with Gasteiger partial charge in [-0.05, 0) is 59.0 Å². The van der Waals surface area contributed by atoms with Gasteiger partial charge in [0.05, 0.1) is 23.8 Å². The summed E-state index contributed by atoms with van der Waals surface area (Å²) in [6, 6.07) is 21.7. The summed E-state index contributed by atoms with van der Waals surface area (Å²) in [7, 11) is 1.66. The maximum atomic E-state index is 6.30. The predicted molar refractivity (Wildman–Crippen MR) is 124 cm³/mol. The largest absolute Gasteiger partial charge is 0.497 e. The van der Waals surface area contributed by atoms with Crippen molar-refractivity contribution < 1.29 is 13.9 Å². The molecule has 2 aromatic carbocycles. The van der Waals surface area contributed by atoms with Crippen molar-refractivity contribution in [3.63, 3.8) is 0 Å². The zero-order valence-corrected chi connectivity index (χ0v) is 17.7. The Kier molecular flexibility index (Phi) is 5.06. The van der Waals surface area contributed by atoms with Gasteiger partial charge >= 0.3 is 0 Å². The minimum Gasteiger partial charge on any atom is -0.497 e. The van der Waals surface area contributed by atoms with Crippen LogP contribution >= 0.6 is 11.3 Å². The van der Waals surface area contributed by atoms with Gasteiger partial charge in [-0.15, -0.1) is 11.3 Å². The number of benzene rings is 2. The van der Waals surface area contributed by atoms with E-state index in [4.69, 9.17) is 19.6 Å². The molecule has 31 heavy (non-hydrogen) atoms. The van der Waals surface area contributed by atoms with E-state index >= 15 is 0 Å². The molecular weight excluding hydrogens is 408 g/mol. The lowest BCUT2D eigenvalue weighted by molar-refractivity contribution is 0.305. The smallest absolute Gasteiger partial charge is 0.200 e. The normalized spacial score (nSPS) is 11.0. The topological polar surface area (TPSA) is 70.5 Å². The number of aromatic nitrogens is 1. The van der Waals surface area contributed by atoms with E-state index in [1.165, 1.54) is 0 Å². The number of fused-ring (bicyclic) bond motifs is 1. The molecule has 3 aromatic heterocycles. The molecule has 0 atom stereocenters. The van der Waals surface area contributed by atoms with Gasteiger partial charge < -0.3 is 19.6 Å². The van der Waals surface area contributed by atoms with Gasteiger partial charge in [0.15, 0.2) is 0 Å². The summed E-state index contributed by atoms with van der Waals surface area (Å²) in [5.74, 6) is 1.89. The van der Waals surface area contributed by atoms with Gasteiger partial charge in [0.1, 0.15) is 23.7 Å². The van der Waals surface area contributed by atoms with E-state index in [2.05, 4.69) is 4.98 Å². The fourth-order valence-electron chi connectivity index (χ4n) is 3.57. The Morgan fingerprint density at radius 1 is 1.00 bits per heavy atom. The van der Waals surface area contributed by atoms with Gasteiger partial charge in [-0.25, -0.2) is 0 Å². The molecule has 0 aliphatic carbocycles. The van der Waals surface area contributed by atoms with Gasteiger partial charge in [-0.3, -0.25) is 4.98 Å². The van der Waals surface area contributed by atoms with Crippen LogP contribution in [0.3, 0.4) is 0 Å². The molecule has 0 saturated heterocycles. The third-order valence-electron chi connectivity index (χ3n) is 5.07. The van der Waals surface area contributed by atoms with Crippen LogP contribution in [0.15, 0.2) is 82.7 Å². The minimum atomic E-state index is 0.344. The molecule has 0 saturated carbocycles. The molecule has 0 spiro atoms. The van der Waals surface area contributed by atoms with Crippen LogP contribution in [0.2, 0.25) is 0 Å². The first-order valence-electron chi connectivity index (χ1n) is 9.80. The van der Waals surface area contributed by atoms with E-state index < -0.39 is 0 Å². The number of ether oxygens (including phenoxy) is 2.